The molecule has 0 saturated carbocycles. The van der Waals surface area contributed by atoms with Gasteiger partial charge in [-0.25, -0.2) is 0 Å². The maximum atomic E-state index is 12.1. The number of nitrogens with zero attached hydrogens (tertiary/aromatic N) is 1. The van der Waals surface area contributed by atoms with Crippen LogP contribution in [0.5, 0.6) is 0 Å². The maximum Gasteiger partial charge on any atom is 0.252 e. The number of halogens is 2. The van der Waals surface area contributed by atoms with Crippen molar-refractivity contribution in [2.45, 2.75) is 19.8 Å². The first-order chi connectivity index (χ1) is 9.56. The predicted molar refractivity (Wildman–Crippen MR) is 91.3 cm³/mol. The van der Waals surface area contributed by atoms with Gasteiger partial charge >= 0.3 is 0 Å². The Bertz CT molecular complexity index is 475. The standard InChI is InChI=1S/C15H20ClIN2O/c1-11(10-19-6-2-3-7-19)9-18-15(20)13-5-4-12(16)8-14(13)17/h4-5,8,11H,2-3,6-7,9-10H2,1H3,(H,18,20). The van der Waals surface area contributed by atoms with Crippen molar-refractivity contribution in [1.82, 2.24) is 10.2 Å². The fourth-order valence-corrected chi connectivity index (χ4v) is 3.62. The number of hydrogen-bond acceptors (Lipinski definition) is 2. The molecule has 1 heterocycles. The molecule has 0 aliphatic carbocycles. The van der Waals surface area contributed by atoms with E-state index in [9.17, 15) is 4.79 Å². The van der Waals surface area contributed by atoms with Crippen molar-refractivity contribution in [1.29, 1.82) is 0 Å². The van der Waals surface area contributed by atoms with E-state index in [2.05, 4.69) is 39.7 Å². The Balaban J connectivity index is 1.81. The van der Waals surface area contributed by atoms with Crippen molar-refractivity contribution < 1.29 is 4.79 Å². The lowest BCUT2D eigenvalue weighted by molar-refractivity contribution is 0.0944. The third-order valence-electron chi connectivity index (χ3n) is 3.56. The maximum absolute atomic E-state index is 12.1. The molecule has 20 heavy (non-hydrogen) atoms. The van der Waals surface area contributed by atoms with Crippen LogP contribution in [-0.2, 0) is 0 Å². The zero-order valence-corrected chi connectivity index (χ0v) is 14.6. The molecule has 0 radical (unpaired) electrons. The van der Waals surface area contributed by atoms with Gasteiger partial charge in [-0.2, -0.15) is 0 Å². The molecule has 1 aliphatic rings. The van der Waals surface area contributed by atoms with Crippen molar-refractivity contribution in [3.05, 3.63) is 32.4 Å². The van der Waals surface area contributed by atoms with Crippen molar-refractivity contribution in [2.75, 3.05) is 26.2 Å². The molecule has 0 spiro atoms. The predicted octanol–water partition coefficient (Wildman–Crippen LogP) is 3.41. The number of carbonyl (C=O) groups excluding carboxylic acids is 1. The highest BCUT2D eigenvalue weighted by molar-refractivity contribution is 14.1. The van der Waals surface area contributed by atoms with E-state index < -0.39 is 0 Å². The van der Waals surface area contributed by atoms with Gasteiger partial charge in [-0.3, -0.25) is 4.79 Å². The van der Waals surface area contributed by atoms with Crippen LogP contribution in [-0.4, -0.2) is 37.0 Å². The topological polar surface area (TPSA) is 32.3 Å². The first-order valence-corrected chi connectivity index (χ1v) is 8.47. The summed E-state index contributed by atoms with van der Waals surface area (Å²) in [5, 5.41) is 3.68. The summed E-state index contributed by atoms with van der Waals surface area (Å²) in [6.07, 6.45) is 2.62. The highest BCUT2D eigenvalue weighted by Gasteiger charge is 2.16. The minimum atomic E-state index is -0.0145. The van der Waals surface area contributed by atoms with E-state index in [0.29, 0.717) is 23.0 Å². The SMILES string of the molecule is CC(CNC(=O)c1ccc(Cl)cc1I)CN1CCCC1. The molecule has 1 aromatic rings. The monoisotopic (exact) mass is 406 g/mol. The van der Waals surface area contributed by atoms with Gasteiger partial charge in [-0.1, -0.05) is 18.5 Å². The van der Waals surface area contributed by atoms with Gasteiger partial charge < -0.3 is 10.2 Å². The molecule has 1 amide bonds. The number of carbonyl (C=O) groups is 1. The number of hydrogen-bond donors (Lipinski definition) is 1. The van der Waals surface area contributed by atoms with Crippen molar-refractivity contribution in [3.63, 3.8) is 0 Å². The molecule has 1 aromatic carbocycles. The summed E-state index contributed by atoms with van der Waals surface area (Å²) in [5.74, 6) is 0.460. The summed E-state index contributed by atoms with van der Waals surface area (Å²) in [5.41, 5.74) is 0.698. The highest BCUT2D eigenvalue weighted by Crippen LogP contribution is 2.18. The Labute approximate surface area is 139 Å². The molecule has 3 nitrogen and oxygen atoms in total. The number of rotatable bonds is 5. The first kappa shape index (κ1) is 16.0. The fraction of sp³-hybridized carbons (Fsp3) is 0.533. The summed E-state index contributed by atoms with van der Waals surface area (Å²) < 4.78 is 0.889. The van der Waals surface area contributed by atoms with E-state index in [1.807, 2.05) is 6.07 Å². The van der Waals surface area contributed by atoms with Crippen LogP contribution in [0, 0.1) is 9.49 Å². The Morgan fingerprint density at radius 1 is 1.45 bits per heavy atom. The molecule has 1 saturated heterocycles. The average molecular weight is 407 g/mol. The van der Waals surface area contributed by atoms with E-state index >= 15 is 0 Å². The smallest absolute Gasteiger partial charge is 0.252 e. The molecular formula is C15H20ClIN2O. The van der Waals surface area contributed by atoms with Gasteiger partial charge in [0.15, 0.2) is 0 Å². The van der Waals surface area contributed by atoms with Crippen molar-refractivity contribution in [3.8, 4) is 0 Å². The van der Waals surface area contributed by atoms with Crippen LogP contribution < -0.4 is 5.32 Å². The third kappa shape index (κ3) is 4.60. The van der Waals surface area contributed by atoms with Gasteiger partial charge in [0.05, 0.1) is 5.56 Å². The van der Waals surface area contributed by atoms with Crippen LogP contribution >= 0.6 is 34.2 Å². The second-order valence-electron chi connectivity index (χ2n) is 5.45. The molecule has 5 heteroatoms. The molecule has 1 aliphatic heterocycles. The van der Waals surface area contributed by atoms with E-state index in [-0.39, 0.29) is 5.91 Å². The fourth-order valence-electron chi connectivity index (χ4n) is 2.51. The second-order valence-corrected chi connectivity index (χ2v) is 7.05. The average Bonchev–Trinajstić information content (AvgIpc) is 2.89. The highest BCUT2D eigenvalue weighted by atomic mass is 127. The largest absolute Gasteiger partial charge is 0.352 e. The first-order valence-electron chi connectivity index (χ1n) is 7.02. The molecule has 0 aromatic heterocycles. The third-order valence-corrected chi connectivity index (χ3v) is 4.68. The van der Waals surface area contributed by atoms with Gasteiger partial charge in [0.2, 0.25) is 0 Å². The molecule has 110 valence electrons. The second kappa shape index (κ2) is 7.61. The normalized spacial score (nSPS) is 17.1. The van der Waals surface area contributed by atoms with Gasteiger partial charge in [0, 0.05) is 21.7 Å². The van der Waals surface area contributed by atoms with Crippen LogP contribution in [0.2, 0.25) is 5.02 Å². The molecule has 2 rings (SSSR count). The van der Waals surface area contributed by atoms with Crippen LogP contribution in [0.1, 0.15) is 30.1 Å². The van der Waals surface area contributed by atoms with Crippen molar-refractivity contribution >= 4 is 40.1 Å². The Kier molecular flexibility index (Phi) is 6.11. The zero-order chi connectivity index (χ0) is 14.5. The van der Waals surface area contributed by atoms with E-state index in [0.717, 1.165) is 10.1 Å². The summed E-state index contributed by atoms with van der Waals surface area (Å²) >= 11 is 8.05. The molecule has 0 bridgehead atoms. The zero-order valence-electron chi connectivity index (χ0n) is 11.7. The summed E-state index contributed by atoms with van der Waals surface area (Å²) in [7, 11) is 0. The minimum absolute atomic E-state index is 0.0145. The minimum Gasteiger partial charge on any atom is -0.352 e. The molecule has 1 fully saturated rings. The lowest BCUT2D eigenvalue weighted by atomic mass is 10.1. The molecule has 1 N–H and O–H groups in total. The van der Waals surface area contributed by atoms with Crippen LogP contribution in [0.4, 0.5) is 0 Å². The van der Waals surface area contributed by atoms with Gasteiger partial charge in [0.25, 0.3) is 5.91 Å². The van der Waals surface area contributed by atoms with Crippen LogP contribution in [0.15, 0.2) is 18.2 Å². The van der Waals surface area contributed by atoms with Crippen LogP contribution in [0.25, 0.3) is 0 Å². The summed E-state index contributed by atoms with van der Waals surface area (Å²) in [6.45, 7) is 6.37. The Hall–Kier alpha value is -0.330. The number of nitrogens with one attached hydrogen (secondary N) is 1. The summed E-state index contributed by atoms with van der Waals surface area (Å²) in [6, 6.07) is 5.35. The summed E-state index contributed by atoms with van der Waals surface area (Å²) in [4.78, 5) is 14.6. The number of likely N-dealkylation sites (tertiary alicyclic amines) is 1. The number of amides is 1. The van der Waals surface area contributed by atoms with Gasteiger partial charge in [-0.05, 0) is 72.6 Å². The van der Waals surface area contributed by atoms with E-state index in [1.165, 1.54) is 25.9 Å². The van der Waals surface area contributed by atoms with Gasteiger partial charge in [-0.15, -0.1) is 0 Å². The molecular weight excluding hydrogens is 387 g/mol. The van der Waals surface area contributed by atoms with Crippen molar-refractivity contribution in [2.24, 2.45) is 5.92 Å². The Morgan fingerprint density at radius 3 is 2.80 bits per heavy atom. The lowest BCUT2D eigenvalue weighted by Gasteiger charge is -2.20. The lowest BCUT2D eigenvalue weighted by Crippen LogP contribution is -2.34. The van der Waals surface area contributed by atoms with Gasteiger partial charge in [0.1, 0.15) is 0 Å². The van der Waals surface area contributed by atoms with Crippen LogP contribution in [0.3, 0.4) is 0 Å². The Morgan fingerprint density at radius 2 is 2.15 bits per heavy atom. The quantitative estimate of drug-likeness (QED) is 0.760. The van der Waals surface area contributed by atoms with E-state index in [1.54, 1.807) is 12.1 Å². The van der Waals surface area contributed by atoms with E-state index in [4.69, 9.17) is 11.6 Å². The number of benzene rings is 1. The molecule has 1 atom stereocenters. The molecule has 1 unspecified atom stereocenters.